The van der Waals surface area contributed by atoms with Gasteiger partial charge in [0.15, 0.2) is 0 Å². The summed E-state index contributed by atoms with van der Waals surface area (Å²) >= 11 is 5.87. The molecular weight excluding hydrogens is 372 g/mol. The molecule has 0 atom stereocenters. The fourth-order valence-corrected chi connectivity index (χ4v) is 4.08. The van der Waals surface area contributed by atoms with Crippen molar-refractivity contribution in [2.45, 2.75) is 31.6 Å². The first kappa shape index (κ1) is 20.3. The largest absolute Gasteiger partial charge is 0.355 e. The van der Waals surface area contributed by atoms with E-state index >= 15 is 0 Å². The number of sulfonamides is 1. The normalized spacial score (nSPS) is 11.2. The van der Waals surface area contributed by atoms with Crippen molar-refractivity contribution in [1.82, 2.24) is 5.32 Å². The molecule has 5 nitrogen and oxygen atoms in total. The summed E-state index contributed by atoms with van der Waals surface area (Å²) in [4.78, 5) is 12.4. The Labute approximate surface area is 160 Å². The van der Waals surface area contributed by atoms with E-state index in [1.807, 2.05) is 26.0 Å². The first-order chi connectivity index (χ1) is 12.4. The highest BCUT2D eigenvalue weighted by Crippen LogP contribution is 2.27. The fraction of sp³-hybridized carbons (Fsp3) is 0.316. The van der Waals surface area contributed by atoms with Crippen molar-refractivity contribution in [3.8, 4) is 0 Å². The first-order valence-electron chi connectivity index (χ1n) is 8.47. The lowest BCUT2D eigenvalue weighted by Crippen LogP contribution is -2.41. The Balaban J connectivity index is 2.38. The molecule has 0 spiro atoms. The van der Waals surface area contributed by atoms with E-state index in [4.69, 9.17) is 11.6 Å². The molecule has 1 amide bonds. The molecule has 0 saturated carbocycles. The summed E-state index contributed by atoms with van der Waals surface area (Å²) in [6.07, 6.45) is 1.80. The third-order valence-corrected chi connectivity index (χ3v) is 5.95. The monoisotopic (exact) mass is 394 g/mol. The lowest BCUT2D eigenvalue weighted by molar-refractivity contribution is -0.119. The molecule has 26 heavy (non-hydrogen) atoms. The number of nitrogens with one attached hydrogen (secondary N) is 1. The van der Waals surface area contributed by atoms with Gasteiger partial charge in [-0.1, -0.05) is 43.1 Å². The van der Waals surface area contributed by atoms with Gasteiger partial charge < -0.3 is 5.32 Å². The molecule has 0 bridgehead atoms. The second kappa shape index (κ2) is 9.05. The Morgan fingerprint density at radius 3 is 2.38 bits per heavy atom. The topological polar surface area (TPSA) is 66.5 Å². The molecule has 0 fully saturated rings. The average molecular weight is 395 g/mol. The van der Waals surface area contributed by atoms with E-state index in [0.29, 0.717) is 17.3 Å². The summed E-state index contributed by atoms with van der Waals surface area (Å²) in [6, 6.07) is 13.0. The minimum atomic E-state index is -3.91. The van der Waals surface area contributed by atoms with E-state index in [2.05, 4.69) is 5.32 Å². The number of anilines is 1. The van der Waals surface area contributed by atoms with Crippen molar-refractivity contribution in [2.75, 3.05) is 17.4 Å². The standard InChI is InChI=1S/C19H23ClN2O3S/c1-3-4-13-21-19(23)14-22(18-8-6-5-7-15(18)2)26(24,25)17-11-9-16(20)10-12-17/h5-12H,3-4,13-14H2,1-2H3,(H,21,23). The zero-order valence-corrected chi connectivity index (χ0v) is 16.5. The highest BCUT2D eigenvalue weighted by Gasteiger charge is 2.28. The maximum absolute atomic E-state index is 13.2. The molecular formula is C19H23ClN2O3S. The van der Waals surface area contributed by atoms with E-state index in [9.17, 15) is 13.2 Å². The van der Waals surface area contributed by atoms with Crippen LogP contribution >= 0.6 is 11.6 Å². The minimum absolute atomic E-state index is 0.0894. The molecule has 0 saturated heterocycles. The van der Waals surface area contributed by atoms with E-state index in [-0.39, 0.29) is 17.3 Å². The highest BCUT2D eigenvalue weighted by atomic mass is 35.5. The van der Waals surface area contributed by atoms with E-state index < -0.39 is 10.0 Å². The number of unbranched alkanes of at least 4 members (excludes halogenated alkanes) is 1. The number of hydrogen-bond donors (Lipinski definition) is 1. The van der Waals surface area contributed by atoms with Crippen molar-refractivity contribution >= 4 is 33.2 Å². The molecule has 7 heteroatoms. The summed E-state index contributed by atoms with van der Waals surface area (Å²) in [5.74, 6) is -0.334. The van der Waals surface area contributed by atoms with Crippen molar-refractivity contribution in [1.29, 1.82) is 0 Å². The van der Waals surface area contributed by atoms with Gasteiger partial charge in [-0.15, -0.1) is 0 Å². The van der Waals surface area contributed by atoms with Gasteiger partial charge in [-0.3, -0.25) is 9.10 Å². The Hall–Kier alpha value is -2.05. The number of nitrogens with zero attached hydrogens (tertiary/aromatic N) is 1. The van der Waals surface area contributed by atoms with Crippen LogP contribution in [0.1, 0.15) is 25.3 Å². The van der Waals surface area contributed by atoms with Gasteiger partial charge in [-0.2, -0.15) is 0 Å². The van der Waals surface area contributed by atoms with Gasteiger partial charge >= 0.3 is 0 Å². The van der Waals surface area contributed by atoms with Crippen LogP contribution in [0, 0.1) is 6.92 Å². The Morgan fingerprint density at radius 1 is 1.12 bits per heavy atom. The molecule has 0 aliphatic heterocycles. The molecule has 0 aliphatic carbocycles. The molecule has 0 aliphatic rings. The molecule has 0 radical (unpaired) electrons. The van der Waals surface area contributed by atoms with Gasteiger partial charge in [0.1, 0.15) is 6.54 Å². The van der Waals surface area contributed by atoms with Crippen LogP contribution in [-0.2, 0) is 14.8 Å². The van der Waals surface area contributed by atoms with E-state index in [1.165, 1.54) is 24.3 Å². The van der Waals surface area contributed by atoms with E-state index in [0.717, 1.165) is 22.7 Å². The van der Waals surface area contributed by atoms with E-state index in [1.54, 1.807) is 12.1 Å². The van der Waals surface area contributed by atoms with Crippen LogP contribution in [0.5, 0.6) is 0 Å². The van der Waals surface area contributed by atoms with Gasteiger partial charge in [0.25, 0.3) is 10.0 Å². The maximum atomic E-state index is 13.2. The number of carbonyl (C=O) groups is 1. The van der Waals surface area contributed by atoms with Gasteiger partial charge in [0.2, 0.25) is 5.91 Å². The summed E-state index contributed by atoms with van der Waals surface area (Å²) < 4.78 is 27.5. The quantitative estimate of drug-likeness (QED) is 0.693. The number of rotatable bonds is 8. The third kappa shape index (κ3) is 4.99. The summed E-state index contributed by atoms with van der Waals surface area (Å²) in [5.41, 5.74) is 1.25. The average Bonchev–Trinajstić information content (AvgIpc) is 2.61. The van der Waals surface area contributed by atoms with Crippen molar-refractivity contribution < 1.29 is 13.2 Å². The van der Waals surface area contributed by atoms with Crippen LogP contribution in [0.3, 0.4) is 0 Å². The van der Waals surface area contributed by atoms with Gasteiger partial charge in [-0.05, 0) is 49.2 Å². The fourth-order valence-electron chi connectivity index (χ4n) is 2.47. The van der Waals surface area contributed by atoms with Crippen LogP contribution in [0.25, 0.3) is 0 Å². The molecule has 2 aromatic carbocycles. The summed E-state index contributed by atoms with van der Waals surface area (Å²) in [7, 11) is -3.91. The Morgan fingerprint density at radius 2 is 1.77 bits per heavy atom. The smallest absolute Gasteiger partial charge is 0.264 e. The van der Waals surface area contributed by atoms with Gasteiger partial charge in [0, 0.05) is 11.6 Å². The zero-order valence-electron chi connectivity index (χ0n) is 14.9. The van der Waals surface area contributed by atoms with Crippen molar-refractivity contribution in [2.24, 2.45) is 0 Å². The second-order valence-corrected chi connectivity index (χ2v) is 8.25. The second-order valence-electron chi connectivity index (χ2n) is 5.96. The Bertz CT molecular complexity index is 851. The van der Waals surface area contributed by atoms with Gasteiger partial charge in [-0.25, -0.2) is 8.42 Å². The SMILES string of the molecule is CCCCNC(=O)CN(c1ccccc1C)S(=O)(=O)c1ccc(Cl)cc1. The number of amides is 1. The number of aryl methyl sites for hydroxylation is 1. The van der Waals surface area contributed by atoms with Crippen LogP contribution in [0.2, 0.25) is 5.02 Å². The first-order valence-corrected chi connectivity index (χ1v) is 10.3. The molecule has 2 rings (SSSR count). The molecule has 0 aromatic heterocycles. The summed E-state index contributed by atoms with van der Waals surface area (Å²) in [5, 5.41) is 3.22. The van der Waals surface area contributed by atoms with Crippen LogP contribution in [-0.4, -0.2) is 27.4 Å². The third-order valence-electron chi connectivity index (χ3n) is 3.93. The lowest BCUT2D eigenvalue weighted by Gasteiger charge is -2.25. The van der Waals surface area contributed by atoms with Crippen LogP contribution in [0.15, 0.2) is 53.4 Å². The van der Waals surface area contributed by atoms with Crippen molar-refractivity contribution in [3.63, 3.8) is 0 Å². The molecule has 0 heterocycles. The zero-order chi connectivity index (χ0) is 19.2. The van der Waals surface area contributed by atoms with Crippen LogP contribution in [0.4, 0.5) is 5.69 Å². The predicted octanol–water partition coefficient (Wildman–Crippen LogP) is 3.76. The van der Waals surface area contributed by atoms with Crippen LogP contribution < -0.4 is 9.62 Å². The maximum Gasteiger partial charge on any atom is 0.264 e. The Kier molecular flexibility index (Phi) is 7.06. The lowest BCUT2D eigenvalue weighted by atomic mass is 10.2. The number of benzene rings is 2. The molecule has 0 unspecified atom stereocenters. The van der Waals surface area contributed by atoms with Gasteiger partial charge in [0.05, 0.1) is 10.6 Å². The summed E-state index contributed by atoms with van der Waals surface area (Å²) in [6.45, 7) is 4.09. The molecule has 2 aromatic rings. The molecule has 1 N–H and O–H groups in total. The highest BCUT2D eigenvalue weighted by molar-refractivity contribution is 7.92. The van der Waals surface area contributed by atoms with Crippen molar-refractivity contribution in [3.05, 3.63) is 59.1 Å². The number of carbonyl (C=O) groups excluding carboxylic acids is 1. The minimum Gasteiger partial charge on any atom is -0.355 e. The number of hydrogen-bond acceptors (Lipinski definition) is 3. The number of para-hydroxylation sites is 1. The molecule has 140 valence electrons. The predicted molar refractivity (Wildman–Crippen MR) is 105 cm³/mol. The number of halogens is 1.